The standard InChI is InChI=1S/C18H20N2O5S/c1-23-17-8-7-13(11-18(17)24-2)9-10-19-26(21,22)12-15-14-5-3-4-6-16(14)25-20-15/h3-8,11,19H,9-10,12H2,1-2H3. The summed E-state index contributed by atoms with van der Waals surface area (Å²) in [6.07, 6.45) is 0.527. The first-order chi connectivity index (χ1) is 12.5. The lowest BCUT2D eigenvalue weighted by molar-refractivity contribution is 0.354. The van der Waals surface area contributed by atoms with Crippen molar-refractivity contribution in [1.29, 1.82) is 0 Å². The van der Waals surface area contributed by atoms with Crippen LogP contribution in [-0.2, 0) is 22.2 Å². The van der Waals surface area contributed by atoms with E-state index in [-0.39, 0.29) is 12.3 Å². The molecule has 1 N–H and O–H groups in total. The molecular formula is C18H20N2O5S. The second-order valence-electron chi connectivity index (χ2n) is 5.72. The molecule has 1 heterocycles. The summed E-state index contributed by atoms with van der Waals surface area (Å²) in [4.78, 5) is 0. The molecule has 26 heavy (non-hydrogen) atoms. The summed E-state index contributed by atoms with van der Waals surface area (Å²) in [5.41, 5.74) is 1.92. The number of sulfonamides is 1. The van der Waals surface area contributed by atoms with Crippen LogP contribution >= 0.6 is 0 Å². The first-order valence-electron chi connectivity index (χ1n) is 8.04. The molecule has 0 atom stereocenters. The van der Waals surface area contributed by atoms with Gasteiger partial charge in [-0.3, -0.25) is 0 Å². The minimum absolute atomic E-state index is 0.226. The Balaban J connectivity index is 1.62. The van der Waals surface area contributed by atoms with Crippen molar-refractivity contribution in [2.75, 3.05) is 20.8 Å². The summed E-state index contributed by atoms with van der Waals surface area (Å²) in [5, 5.41) is 4.57. The Morgan fingerprint density at radius 2 is 1.85 bits per heavy atom. The van der Waals surface area contributed by atoms with E-state index in [0.29, 0.717) is 34.6 Å². The molecule has 0 aliphatic rings. The number of benzene rings is 2. The maximum absolute atomic E-state index is 12.3. The van der Waals surface area contributed by atoms with Crippen LogP contribution in [0, 0.1) is 0 Å². The minimum atomic E-state index is -3.52. The lowest BCUT2D eigenvalue weighted by Crippen LogP contribution is -2.27. The fraction of sp³-hybridized carbons (Fsp3) is 0.278. The SMILES string of the molecule is COc1ccc(CCNS(=O)(=O)Cc2noc3ccccc23)cc1OC. The number of fused-ring (bicyclic) bond motifs is 1. The minimum Gasteiger partial charge on any atom is -0.493 e. The van der Waals surface area contributed by atoms with Crippen molar-refractivity contribution in [2.45, 2.75) is 12.2 Å². The highest BCUT2D eigenvalue weighted by atomic mass is 32.2. The molecule has 7 nitrogen and oxygen atoms in total. The van der Waals surface area contributed by atoms with Gasteiger partial charge in [-0.25, -0.2) is 13.1 Å². The van der Waals surface area contributed by atoms with E-state index < -0.39 is 10.0 Å². The number of nitrogens with zero attached hydrogens (tertiary/aromatic N) is 1. The Labute approximate surface area is 151 Å². The highest BCUT2D eigenvalue weighted by Gasteiger charge is 2.17. The fourth-order valence-corrected chi connectivity index (χ4v) is 3.74. The van der Waals surface area contributed by atoms with Crippen molar-refractivity contribution in [3.8, 4) is 11.5 Å². The van der Waals surface area contributed by atoms with E-state index in [2.05, 4.69) is 9.88 Å². The van der Waals surface area contributed by atoms with Gasteiger partial charge in [0, 0.05) is 11.9 Å². The third-order valence-electron chi connectivity index (χ3n) is 3.96. The summed E-state index contributed by atoms with van der Waals surface area (Å²) in [7, 11) is -0.392. The highest BCUT2D eigenvalue weighted by molar-refractivity contribution is 7.88. The zero-order valence-corrected chi connectivity index (χ0v) is 15.4. The molecule has 2 aromatic carbocycles. The van der Waals surface area contributed by atoms with Gasteiger partial charge in [0.25, 0.3) is 0 Å². The van der Waals surface area contributed by atoms with Gasteiger partial charge in [0.15, 0.2) is 17.1 Å². The van der Waals surface area contributed by atoms with Gasteiger partial charge in [-0.15, -0.1) is 0 Å². The lowest BCUT2D eigenvalue weighted by Gasteiger charge is -2.10. The largest absolute Gasteiger partial charge is 0.493 e. The normalized spacial score (nSPS) is 11.6. The van der Waals surface area contributed by atoms with Gasteiger partial charge in [0.2, 0.25) is 10.0 Å². The fourth-order valence-electron chi connectivity index (χ4n) is 2.66. The molecule has 0 saturated carbocycles. The van der Waals surface area contributed by atoms with E-state index >= 15 is 0 Å². The van der Waals surface area contributed by atoms with E-state index in [9.17, 15) is 8.42 Å². The monoisotopic (exact) mass is 376 g/mol. The van der Waals surface area contributed by atoms with E-state index in [1.807, 2.05) is 24.3 Å². The van der Waals surface area contributed by atoms with Crippen molar-refractivity contribution in [3.63, 3.8) is 0 Å². The predicted molar refractivity (Wildman–Crippen MR) is 97.9 cm³/mol. The molecule has 0 aliphatic carbocycles. The van der Waals surface area contributed by atoms with Crippen LogP contribution < -0.4 is 14.2 Å². The molecule has 1 aromatic heterocycles. The Hall–Kier alpha value is -2.58. The van der Waals surface area contributed by atoms with Gasteiger partial charge in [-0.2, -0.15) is 0 Å². The zero-order chi connectivity index (χ0) is 18.6. The van der Waals surface area contributed by atoms with E-state index in [4.69, 9.17) is 14.0 Å². The number of nitrogens with one attached hydrogen (secondary N) is 1. The van der Waals surface area contributed by atoms with Crippen molar-refractivity contribution in [3.05, 3.63) is 53.7 Å². The molecule has 8 heteroatoms. The van der Waals surface area contributed by atoms with Gasteiger partial charge < -0.3 is 14.0 Å². The van der Waals surface area contributed by atoms with Crippen LogP contribution in [0.1, 0.15) is 11.3 Å². The molecular weight excluding hydrogens is 356 g/mol. The summed E-state index contributed by atoms with van der Waals surface area (Å²) < 4.78 is 42.8. The molecule has 3 rings (SSSR count). The van der Waals surface area contributed by atoms with Gasteiger partial charge in [0.05, 0.1) is 14.2 Å². The van der Waals surface area contributed by atoms with Crippen LogP contribution in [0.4, 0.5) is 0 Å². The van der Waals surface area contributed by atoms with E-state index in [1.54, 1.807) is 32.4 Å². The van der Waals surface area contributed by atoms with Crippen LogP contribution in [0.15, 0.2) is 47.0 Å². The maximum Gasteiger partial charge on any atom is 0.217 e. The second-order valence-corrected chi connectivity index (χ2v) is 7.53. The van der Waals surface area contributed by atoms with Crippen LogP contribution in [0.25, 0.3) is 11.0 Å². The van der Waals surface area contributed by atoms with Crippen molar-refractivity contribution in [2.24, 2.45) is 0 Å². The summed E-state index contributed by atoms with van der Waals surface area (Å²) in [6, 6.07) is 12.7. The van der Waals surface area contributed by atoms with Gasteiger partial charge in [-0.05, 0) is 36.2 Å². The molecule has 0 saturated heterocycles. The highest BCUT2D eigenvalue weighted by Crippen LogP contribution is 2.27. The lowest BCUT2D eigenvalue weighted by atomic mass is 10.1. The summed E-state index contributed by atoms with van der Waals surface area (Å²) in [5.74, 6) is 1.02. The topological polar surface area (TPSA) is 90.7 Å². The Morgan fingerprint density at radius 3 is 2.62 bits per heavy atom. The first kappa shape index (κ1) is 18.2. The quantitative estimate of drug-likeness (QED) is 0.650. The van der Waals surface area contributed by atoms with Crippen molar-refractivity contribution >= 4 is 21.0 Å². The number of rotatable bonds is 8. The number of para-hydroxylation sites is 1. The average molecular weight is 376 g/mol. The third kappa shape index (κ3) is 4.14. The number of ether oxygens (including phenoxy) is 2. The Morgan fingerprint density at radius 1 is 1.08 bits per heavy atom. The number of hydrogen-bond donors (Lipinski definition) is 1. The molecule has 0 bridgehead atoms. The maximum atomic E-state index is 12.3. The average Bonchev–Trinajstić information content (AvgIpc) is 3.04. The van der Waals surface area contributed by atoms with Gasteiger partial charge >= 0.3 is 0 Å². The molecule has 138 valence electrons. The van der Waals surface area contributed by atoms with Crippen molar-refractivity contribution < 1.29 is 22.4 Å². The molecule has 0 radical (unpaired) electrons. The first-order valence-corrected chi connectivity index (χ1v) is 9.69. The number of methoxy groups -OCH3 is 2. The van der Waals surface area contributed by atoms with Crippen LogP contribution in [0.3, 0.4) is 0 Å². The third-order valence-corrected chi connectivity index (χ3v) is 5.26. The Bertz CT molecular complexity index is 998. The van der Waals surface area contributed by atoms with Crippen LogP contribution in [0.2, 0.25) is 0 Å². The number of hydrogen-bond acceptors (Lipinski definition) is 6. The smallest absolute Gasteiger partial charge is 0.217 e. The van der Waals surface area contributed by atoms with E-state index in [0.717, 1.165) is 5.56 Å². The van der Waals surface area contributed by atoms with E-state index in [1.165, 1.54) is 0 Å². The Kier molecular flexibility index (Phi) is 5.43. The molecule has 3 aromatic rings. The molecule has 0 fully saturated rings. The summed E-state index contributed by atoms with van der Waals surface area (Å²) >= 11 is 0. The molecule has 0 unspecified atom stereocenters. The molecule has 0 aliphatic heterocycles. The molecule has 0 amide bonds. The second kappa shape index (κ2) is 7.76. The predicted octanol–water partition coefficient (Wildman–Crippen LogP) is 2.51. The van der Waals surface area contributed by atoms with Crippen LogP contribution in [-0.4, -0.2) is 34.3 Å². The number of aromatic nitrogens is 1. The summed E-state index contributed by atoms with van der Waals surface area (Å²) in [6.45, 7) is 0.271. The zero-order valence-electron chi connectivity index (χ0n) is 14.6. The van der Waals surface area contributed by atoms with Gasteiger partial charge in [-0.1, -0.05) is 23.4 Å². The molecule has 0 spiro atoms. The van der Waals surface area contributed by atoms with Gasteiger partial charge in [0.1, 0.15) is 11.4 Å². The van der Waals surface area contributed by atoms with Crippen LogP contribution in [0.5, 0.6) is 11.5 Å². The van der Waals surface area contributed by atoms with Crippen molar-refractivity contribution in [1.82, 2.24) is 9.88 Å².